The fourth-order valence-electron chi connectivity index (χ4n) is 3.72. The zero-order valence-electron chi connectivity index (χ0n) is 15.6. The predicted octanol–water partition coefficient (Wildman–Crippen LogP) is 4.87. The number of hydrogen-bond acceptors (Lipinski definition) is 4. The average molecular weight is 398 g/mol. The first-order valence-electron chi connectivity index (χ1n) is 9.26. The highest BCUT2D eigenvalue weighted by molar-refractivity contribution is 7.99. The van der Waals surface area contributed by atoms with Gasteiger partial charge in [0.1, 0.15) is 0 Å². The Bertz CT molecular complexity index is 946. The van der Waals surface area contributed by atoms with E-state index in [0.29, 0.717) is 5.75 Å². The molecule has 4 rings (SSSR count). The maximum absolute atomic E-state index is 13.0. The van der Waals surface area contributed by atoms with E-state index in [9.17, 15) is 4.79 Å². The summed E-state index contributed by atoms with van der Waals surface area (Å²) < 4.78 is 2.05. The zero-order chi connectivity index (χ0) is 18.8. The number of carbonyl (C=O) groups is 1. The average Bonchev–Trinajstić information content (AvgIpc) is 3.34. The molecule has 0 fully saturated rings. The van der Waals surface area contributed by atoms with Crippen LogP contribution in [0.4, 0.5) is 0 Å². The van der Waals surface area contributed by atoms with Gasteiger partial charge in [0.15, 0.2) is 5.16 Å². The largest absolute Gasteiger partial charge is 0.335 e. The van der Waals surface area contributed by atoms with Crippen LogP contribution in [0.15, 0.2) is 53.3 Å². The van der Waals surface area contributed by atoms with Crippen molar-refractivity contribution in [3.8, 4) is 5.69 Å². The predicted molar refractivity (Wildman–Crippen MR) is 112 cm³/mol. The number of imidazole rings is 1. The highest BCUT2D eigenvalue weighted by atomic mass is 32.2. The Hall–Kier alpha value is -2.05. The summed E-state index contributed by atoms with van der Waals surface area (Å²) in [5.74, 6) is 0.612. The van der Waals surface area contributed by atoms with Crippen LogP contribution >= 0.6 is 23.1 Å². The summed E-state index contributed by atoms with van der Waals surface area (Å²) in [6.07, 6.45) is 5.67. The number of carbonyl (C=O) groups excluding carboxylic acids is 1. The van der Waals surface area contributed by atoms with Crippen LogP contribution in [0.2, 0.25) is 0 Å². The smallest absolute Gasteiger partial charge is 0.233 e. The second kappa shape index (κ2) is 7.90. The Morgan fingerprint density at radius 1 is 1.37 bits per heavy atom. The van der Waals surface area contributed by atoms with Crippen LogP contribution in [0, 0.1) is 6.92 Å². The van der Waals surface area contributed by atoms with Crippen LogP contribution in [0.3, 0.4) is 0 Å². The first kappa shape index (κ1) is 18.3. The van der Waals surface area contributed by atoms with Crippen molar-refractivity contribution in [3.05, 3.63) is 64.1 Å². The number of thioether (sulfide) groups is 1. The second-order valence-electron chi connectivity index (χ2n) is 6.77. The number of aromatic nitrogens is 2. The summed E-state index contributed by atoms with van der Waals surface area (Å²) in [5.41, 5.74) is 3.63. The molecule has 4 nitrogen and oxygen atoms in total. The molecule has 27 heavy (non-hydrogen) atoms. The molecular weight excluding hydrogens is 374 g/mol. The normalized spacial score (nSPS) is 16.4. The molecule has 1 aliphatic heterocycles. The minimum absolute atomic E-state index is 0.197. The second-order valence-corrected chi connectivity index (χ2v) is 8.71. The van der Waals surface area contributed by atoms with Crippen LogP contribution in [-0.2, 0) is 11.2 Å². The molecule has 0 saturated heterocycles. The van der Waals surface area contributed by atoms with Crippen molar-refractivity contribution < 1.29 is 4.79 Å². The lowest BCUT2D eigenvalue weighted by atomic mass is 9.98. The Labute approximate surface area is 168 Å². The molecule has 3 aromatic rings. The minimum atomic E-state index is 0.197. The summed E-state index contributed by atoms with van der Waals surface area (Å²) in [4.78, 5) is 20.9. The number of benzene rings is 1. The van der Waals surface area contributed by atoms with E-state index in [1.165, 1.54) is 27.8 Å². The number of fused-ring (bicyclic) bond motifs is 1. The van der Waals surface area contributed by atoms with Gasteiger partial charge in [-0.25, -0.2) is 4.98 Å². The Morgan fingerprint density at radius 2 is 2.26 bits per heavy atom. The quantitative estimate of drug-likeness (QED) is 0.577. The number of aryl methyl sites for hydroxylation is 1. The van der Waals surface area contributed by atoms with Crippen molar-refractivity contribution in [2.24, 2.45) is 0 Å². The molecule has 1 aromatic carbocycles. The molecule has 1 atom stereocenters. The fraction of sp³-hybridized carbons (Fsp3) is 0.333. The molecule has 6 heteroatoms. The Kier molecular flexibility index (Phi) is 5.36. The van der Waals surface area contributed by atoms with Gasteiger partial charge < -0.3 is 4.90 Å². The van der Waals surface area contributed by atoms with Gasteiger partial charge >= 0.3 is 0 Å². The van der Waals surface area contributed by atoms with Gasteiger partial charge in [0.05, 0.1) is 11.8 Å². The molecule has 1 aliphatic rings. The third-order valence-electron chi connectivity index (χ3n) is 5.01. The molecule has 0 saturated carbocycles. The van der Waals surface area contributed by atoms with Gasteiger partial charge in [-0.3, -0.25) is 9.36 Å². The van der Waals surface area contributed by atoms with Crippen molar-refractivity contribution in [1.82, 2.24) is 14.5 Å². The van der Waals surface area contributed by atoms with Crippen molar-refractivity contribution in [2.45, 2.75) is 37.9 Å². The number of hydrogen-bond donors (Lipinski definition) is 0. The topological polar surface area (TPSA) is 38.1 Å². The van der Waals surface area contributed by atoms with Crippen LogP contribution in [-0.4, -0.2) is 32.7 Å². The van der Waals surface area contributed by atoms with Crippen LogP contribution < -0.4 is 0 Å². The molecule has 3 heterocycles. The third-order valence-corrected chi connectivity index (χ3v) is 6.96. The number of amides is 1. The lowest BCUT2D eigenvalue weighted by Crippen LogP contribution is -2.40. The van der Waals surface area contributed by atoms with E-state index in [1.807, 2.05) is 23.6 Å². The van der Waals surface area contributed by atoms with E-state index in [0.717, 1.165) is 30.2 Å². The van der Waals surface area contributed by atoms with Gasteiger partial charge in [-0.1, -0.05) is 30.8 Å². The monoisotopic (exact) mass is 397 g/mol. The van der Waals surface area contributed by atoms with Crippen molar-refractivity contribution in [1.29, 1.82) is 0 Å². The number of rotatable bonds is 5. The molecular formula is C21H23N3OS2. The molecule has 140 valence electrons. The van der Waals surface area contributed by atoms with E-state index >= 15 is 0 Å². The lowest BCUT2D eigenvalue weighted by Gasteiger charge is -2.35. The zero-order valence-corrected chi connectivity index (χ0v) is 17.2. The van der Waals surface area contributed by atoms with E-state index in [4.69, 9.17) is 0 Å². The van der Waals surface area contributed by atoms with E-state index in [-0.39, 0.29) is 11.9 Å². The van der Waals surface area contributed by atoms with Crippen LogP contribution in [0.5, 0.6) is 0 Å². The highest BCUT2D eigenvalue weighted by Gasteiger charge is 2.30. The Morgan fingerprint density at radius 3 is 3.07 bits per heavy atom. The first-order valence-corrected chi connectivity index (χ1v) is 11.1. The molecule has 0 bridgehead atoms. The van der Waals surface area contributed by atoms with Crippen LogP contribution in [0.25, 0.3) is 5.69 Å². The fourth-order valence-corrected chi connectivity index (χ4v) is 5.50. The van der Waals surface area contributed by atoms with Crippen LogP contribution in [0.1, 0.15) is 35.4 Å². The summed E-state index contributed by atoms with van der Waals surface area (Å²) in [6, 6.07) is 10.7. The van der Waals surface area contributed by atoms with Gasteiger partial charge in [0.25, 0.3) is 0 Å². The number of thiophene rings is 1. The lowest BCUT2D eigenvalue weighted by molar-refractivity contribution is -0.131. The molecule has 0 N–H and O–H groups in total. The van der Waals surface area contributed by atoms with E-state index < -0.39 is 0 Å². The molecule has 0 radical (unpaired) electrons. The van der Waals surface area contributed by atoms with Gasteiger partial charge in [-0.2, -0.15) is 0 Å². The van der Waals surface area contributed by atoms with Gasteiger partial charge in [-0.05, 0) is 54.5 Å². The standard InChI is InChI=1S/C21H23N3OS2/c1-3-18-17-8-12-26-19(17)7-10-24(18)20(25)14-27-21-22-9-11-23(21)16-6-4-5-15(2)13-16/h4-6,8-9,11-13,18H,3,7,10,14H2,1-2H3. The SMILES string of the molecule is CCC1c2ccsc2CCN1C(=O)CSc1nccn1-c1cccc(C)c1. The summed E-state index contributed by atoms with van der Waals surface area (Å²) in [6.45, 7) is 5.06. The highest BCUT2D eigenvalue weighted by Crippen LogP contribution is 2.35. The van der Waals surface area contributed by atoms with Gasteiger partial charge in [0.2, 0.25) is 5.91 Å². The van der Waals surface area contributed by atoms with Crippen molar-refractivity contribution in [2.75, 3.05) is 12.3 Å². The van der Waals surface area contributed by atoms with Gasteiger partial charge in [-0.15, -0.1) is 11.3 Å². The first-order chi connectivity index (χ1) is 13.2. The summed E-state index contributed by atoms with van der Waals surface area (Å²) in [5, 5.41) is 3.00. The summed E-state index contributed by atoms with van der Waals surface area (Å²) >= 11 is 3.33. The maximum atomic E-state index is 13.0. The molecule has 2 aromatic heterocycles. The Balaban J connectivity index is 1.47. The maximum Gasteiger partial charge on any atom is 0.233 e. The van der Waals surface area contributed by atoms with E-state index in [1.54, 1.807) is 6.20 Å². The van der Waals surface area contributed by atoms with Crippen molar-refractivity contribution >= 4 is 29.0 Å². The van der Waals surface area contributed by atoms with Crippen molar-refractivity contribution in [3.63, 3.8) is 0 Å². The molecule has 1 amide bonds. The molecule has 0 aliphatic carbocycles. The third kappa shape index (κ3) is 3.69. The summed E-state index contributed by atoms with van der Waals surface area (Å²) in [7, 11) is 0. The van der Waals surface area contributed by atoms with Gasteiger partial charge in [0, 0.05) is 29.5 Å². The minimum Gasteiger partial charge on any atom is -0.335 e. The number of nitrogens with zero attached hydrogens (tertiary/aromatic N) is 3. The molecule has 1 unspecified atom stereocenters. The molecule has 0 spiro atoms. The van der Waals surface area contributed by atoms with E-state index in [2.05, 4.69) is 57.9 Å².